The summed E-state index contributed by atoms with van der Waals surface area (Å²) in [4.78, 5) is 4.25. The minimum Gasteiger partial charge on any atom is -0.464 e. The first-order chi connectivity index (χ1) is 7.77. The van der Waals surface area contributed by atoms with Crippen molar-refractivity contribution >= 4 is 27.6 Å². The number of anilines is 1. The van der Waals surface area contributed by atoms with Crippen molar-refractivity contribution in [2.75, 3.05) is 23.9 Å². The normalized spacial score (nSPS) is 12.8. The number of furan rings is 1. The van der Waals surface area contributed by atoms with Gasteiger partial charge in [-0.3, -0.25) is 4.21 Å². The van der Waals surface area contributed by atoms with Crippen LogP contribution >= 0.6 is 0 Å². The van der Waals surface area contributed by atoms with Gasteiger partial charge in [0.1, 0.15) is 11.4 Å². The molecule has 2 aromatic heterocycles. The molecule has 0 saturated carbocycles. The van der Waals surface area contributed by atoms with Gasteiger partial charge in [0.2, 0.25) is 0 Å². The molecule has 0 radical (unpaired) electrons. The van der Waals surface area contributed by atoms with Crippen molar-refractivity contribution in [1.29, 1.82) is 0 Å². The van der Waals surface area contributed by atoms with Gasteiger partial charge in [0.25, 0.3) is 0 Å². The SMILES string of the molecule is CS(=O)CCCNc1nccc2occc12. The Labute approximate surface area is 96.5 Å². The Morgan fingerprint density at radius 3 is 3.19 bits per heavy atom. The van der Waals surface area contributed by atoms with Crippen LogP contribution in [-0.2, 0) is 10.8 Å². The molecule has 1 atom stereocenters. The van der Waals surface area contributed by atoms with Gasteiger partial charge in [-0.15, -0.1) is 0 Å². The van der Waals surface area contributed by atoms with Crippen molar-refractivity contribution in [2.45, 2.75) is 6.42 Å². The maximum Gasteiger partial charge on any atom is 0.139 e. The first-order valence-corrected chi connectivity index (χ1v) is 6.86. The third-order valence-corrected chi connectivity index (χ3v) is 3.14. The summed E-state index contributed by atoms with van der Waals surface area (Å²) in [5.74, 6) is 1.54. The van der Waals surface area contributed by atoms with E-state index in [4.69, 9.17) is 4.42 Å². The molecule has 0 bridgehead atoms. The first-order valence-electron chi connectivity index (χ1n) is 5.13. The van der Waals surface area contributed by atoms with E-state index in [0.29, 0.717) is 5.75 Å². The van der Waals surface area contributed by atoms with Crippen molar-refractivity contribution < 1.29 is 8.63 Å². The van der Waals surface area contributed by atoms with Crippen LogP contribution in [0.5, 0.6) is 0 Å². The van der Waals surface area contributed by atoms with Crippen LogP contribution < -0.4 is 5.32 Å². The predicted octanol–water partition coefficient (Wildman–Crippen LogP) is 2.01. The molecule has 2 heterocycles. The Kier molecular flexibility index (Phi) is 3.56. The van der Waals surface area contributed by atoms with E-state index in [2.05, 4.69) is 10.3 Å². The largest absolute Gasteiger partial charge is 0.464 e. The highest BCUT2D eigenvalue weighted by molar-refractivity contribution is 7.84. The maximum atomic E-state index is 10.9. The van der Waals surface area contributed by atoms with Crippen molar-refractivity contribution in [1.82, 2.24) is 4.98 Å². The van der Waals surface area contributed by atoms with Crippen molar-refractivity contribution in [3.8, 4) is 0 Å². The molecule has 4 nitrogen and oxygen atoms in total. The number of hydrogen-bond acceptors (Lipinski definition) is 4. The number of nitrogens with one attached hydrogen (secondary N) is 1. The Morgan fingerprint density at radius 1 is 1.50 bits per heavy atom. The Hall–Kier alpha value is -1.36. The lowest BCUT2D eigenvalue weighted by Gasteiger charge is -2.05. The lowest BCUT2D eigenvalue weighted by molar-refractivity contribution is 0.615. The fraction of sp³-hybridized carbons (Fsp3) is 0.364. The first kappa shape index (κ1) is 11.1. The third kappa shape index (κ3) is 2.61. The van der Waals surface area contributed by atoms with E-state index >= 15 is 0 Å². The van der Waals surface area contributed by atoms with Gasteiger partial charge in [-0.2, -0.15) is 0 Å². The standard InChI is InChI=1S/C11H14N2O2S/c1-16(14)8-2-5-12-11-9-4-7-15-10(9)3-6-13-11/h3-4,6-7H,2,5,8H2,1H3,(H,12,13). The zero-order valence-corrected chi connectivity index (χ0v) is 9.92. The molecule has 0 spiro atoms. The summed E-state index contributed by atoms with van der Waals surface area (Å²) in [6.45, 7) is 0.775. The average molecular weight is 238 g/mol. The molecule has 86 valence electrons. The zero-order valence-electron chi connectivity index (χ0n) is 9.10. The van der Waals surface area contributed by atoms with E-state index in [1.807, 2.05) is 12.1 Å². The van der Waals surface area contributed by atoms with Crippen molar-refractivity contribution in [2.24, 2.45) is 0 Å². The molecule has 0 aliphatic heterocycles. The van der Waals surface area contributed by atoms with E-state index in [1.54, 1.807) is 18.7 Å². The van der Waals surface area contributed by atoms with Crippen LogP contribution in [0.1, 0.15) is 6.42 Å². The second-order valence-corrected chi connectivity index (χ2v) is 5.10. The molecule has 16 heavy (non-hydrogen) atoms. The van der Waals surface area contributed by atoms with E-state index < -0.39 is 10.8 Å². The van der Waals surface area contributed by atoms with Gasteiger partial charge in [0.15, 0.2) is 0 Å². The highest BCUT2D eigenvalue weighted by Gasteiger charge is 2.03. The molecule has 2 rings (SSSR count). The van der Waals surface area contributed by atoms with Crippen molar-refractivity contribution in [3.63, 3.8) is 0 Å². The minimum absolute atomic E-state index is 0.717. The molecule has 0 aliphatic rings. The zero-order chi connectivity index (χ0) is 11.4. The van der Waals surface area contributed by atoms with Crippen LogP contribution in [0.25, 0.3) is 11.0 Å². The lowest BCUT2D eigenvalue weighted by atomic mass is 10.3. The number of fused-ring (bicyclic) bond motifs is 1. The molecule has 0 aliphatic carbocycles. The maximum absolute atomic E-state index is 10.9. The molecule has 1 unspecified atom stereocenters. The third-order valence-electron chi connectivity index (χ3n) is 2.28. The van der Waals surface area contributed by atoms with E-state index in [-0.39, 0.29) is 0 Å². The predicted molar refractivity (Wildman–Crippen MR) is 66.0 cm³/mol. The Morgan fingerprint density at radius 2 is 2.38 bits per heavy atom. The molecule has 0 aromatic carbocycles. The van der Waals surface area contributed by atoms with Crippen LogP contribution in [0.2, 0.25) is 0 Å². The molecule has 0 saturated heterocycles. The number of pyridine rings is 1. The van der Waals surface area contributed by atoms with Gasteiger partial charge in [0.05, 0.1) is 11.6 Å². The summed E-state index contributed by atoms with van der Waals surface area (Å²) < 4.78 is 16.2. The molecule has 0 fully saturated rings. The highest BCUT2D eigenvalue weighted by Crippen LogP contribution is 2.21. The molecular formula is C11H14N2O2S. The summed E-state index contributed by atoms with van der Waals surface area (Å²) in [5.41, 5.74) is 0.830. The Balaban J connectivity index is 1.98. The quantitative estimate of drug-likeness (QED) is 0.810. The molecule has 0 amide bonds. The summed E-state index contributed by atoms with van der Waals surface area (Å²) in [6.07, 6.45) is 5.96. The molecule has 1 N–H and O–H groups in total. The molecular weight excluding hydrogens is 224 g/mol. The monoisotopic (exact) mass is 238 g/mol. The fourth-order valence-corrected chi connectivity index (χ4v) is 2.07. The van der Waals surface area contributed by atoms with Crippen LogP contribution in [0.15, 0.2) is 29.0 Å². The summed E-state index contributed by atoms with van der Waals surface area (Å²) >= 11 is 0. The number of rotatable bonds is 5. The van der Waals surface area contributed by atoms with Gasteiger partial charge in [-0.05, 0) is 18.6 Å². The molecule has 5 heteroatoms. The van der Waals surface area contributed by atoms with Gasteiger partial charge in [-0.1, -0.05) is 0 Å². The van der Waals surface area contributed by atoms with E-state index in [9.17, 15) is 4.21 Å². The average Bonchev–Trinajstić information content (AvgIpc) is 2.72. The smallest absolute Gasteiger partial charge is 0.139 e. The second-order valence-electron chi connectivity index (χ2n) is 3.55. The topological polar surface area (TPSA) is 55.1 Å². The fourth-order valence-electron chi connectivity index (χ4n) is 1.52. The summed E-state index contributed by atoms with van der Waals surface area (Å²) in [6, 6.07) is 3.73. The van der Waals surface area contributed by atoms with Gasteiger partial charge in [0, 0.05) is 35.5 Å². The Bertz CT molecular complexity index is 495. The van der Waals surface area contributed by atoms with Crippen LogP contribution in [0.4, 0.5) is 5.82 Å². The highest BCUT2D eigenvalue weighted by atomic mass is 32.2. The lowest BCUT2D eigenvalue weighted by Crippen LogP contribution is -2.07. The summed E-state index contributed by atoms with van der Waals surface area (Å²) in [7, 11) is -0.722. The van der Waals surface area contributed by atoms with Crippen LogP contribution in [0, 0.1) is 0 Å². The van der Waals surface area contributed by atoms with Crippen LogP contribution in [-0.4, -0.2) is 27.7 Å². The van der Waals surface area contributed by atoms with E-state index in [0.717, 1.165) is 29.8 Å². The van der Waals surface area contributed by atoms with Gasteiger partial charge < -0.3 is 9.73 Å². The van der Waals surface area contributed by atoms with Gasteiger partial charge in [-0.25, -0.2) is 4.98 Å². The van der Waals surface area contributed by atoms with Gasteiger partial charge >= 0.3 is 0 Å². The summed E-state index contributed by atoms with van der Waals surface area (Å²) in [5, 5.41) is 4.21. The van der Waals surface area contributed by atoms with Crippen molar-refractivity contribution in [3.05, 3.63) is 24.6 Å². The minimum atomic E-state index is -0.722. The number of aromatic nitrogens is 1. The van der Waals surface area contributed by atoms with Crippen LogP contribution in [0.3, 0.4) is 0 Å². The second kappa shape index (κ2) is 5.12. The molecule has 2 aromatic rings. The number of nitrogens with zero attached hydrogens (tertiary/aromatic N) is 1. The van der Waals surface area contributed by atoms with E-state index in [1.165, 1.54) is 0 Å². The number of hydrogen-bond donors (Lipinski definition) is 1.